The highest BCUT2D eigenvalue weighted by molar-refractivity contribution is 7.55. The highest BCUT2D eigenvalue weighted by Gasteiger charge is 2.53. The first kappa shape index (κ1) is 16.7. The molecule has 3 rings (SSSR count). The second-order valence-corrected chi connectivity index (χ2v) is 7.99. The minimum absolute atomic E-state index is 0.128. The van der Waals surface area contributed by atoms with E-state index in [0.717, 1.165) is 6.54 Å². The number of fused-ring (bicyclic) bond motifs is 1. The minimum Gasteiger partial charge on any atom is -0.308 e. The van der Waals surface area contributed by atoms with Crippen molar-refractivity contribution in [3.8, 4) is 0 Å². The van der Waals surface area contributed by atoms with E-state index < -0.39 is 7.60 Å². The molecule has 124 valence electrons. The summed E-state index contributed by atoms with van der Waals surface area (Å²) in [7, 11) is -3.05. The fourth-order valence-corrected chi connectivity index (χ4v) is 5.29. The van der Waals surface area contributed by atoms with E-state index in [-0.39, 0.29) is 11.8 Å². The molecule has 0 aliphatic carbocycles. The fraction of sp³-hybridized carbons (Fsp3) is 0.444. The summed E-state index contributed by atoms with van der Waals surface area (Å²) < 4.78 is 23.9. The molecule has 0 aromatic heterocycles. The van der Waals surface area contributed by atoms with Gasteiger partial charge in [0.05, 0.1) is 13.2 Å². The largest absolute Gasteiger partial charge is 0.348 e. The Morgan fingerprint density at radius 2 is 1.78 bits per heavy atom. The average molecular weight is 333 g/mol. The third-order valence-electron chi connectivity index (χ3n) is 4.38. The lowest BCUT2D eigenvalue weighted by Gasteiger charge is -2.21. The van der Waals surface area contributed by atoms with Gasteiger partial charge in [0.2, 0.25) is 0 Å². The Balaban J connectivity index is 1.84. The van der Waals surface area contributed by atoms with E-state index in [1.165, 1.54) is 16.3 Å². The summed E-state index contributed by atoms with van der Waals surface area (Å²) in [6, 6.07) is 14.9. The summed E-state index contributed by atoms with van der Waals surface area (Å²) in [4.78, 5) is 2.20. The van der Waals surface area contributed by atoms with Gasteiger partial charge in [-0.2, -0.15) is 0 Å². The first-order valence-electron chi connectivity index (χ1n) is 8.23. The second-order valence-electron chi connectivity index (χ2n) is 5.80. The predicted octanol–water partition coefficient (Wildman–Crippen LogP) is 4.81. The van der Waals surface area contributed by atoms with E-state index in [0.29, 0.717) is 13.2 Å². The van der Waals surface area contributed by atoms with Crippen molar-refractivity contribution in [1.29, 1.82) is 0 Å². The van der Waals surface area contributed by atoms with Crippen LogP contribution in [0.3, 0.4) is 0 Å². The van der Waals surface area contributed by atoms with Gasteiger partial charge >= 0.3 is 7.60 Å². The molecule has 1 aliphatic heterocycles. The van der Waals surface area contributed by atoms with E-state index in [4.69, 9.17) is 9.05 Å². The van der Waals surface area contributed by atoms with Gasteiger partial charge in [-0.15, -0.1) is 0 Å². The summed E-state index contributed by atoms with van der Waals surface area (Å²) in [5, 5.41) is 2.48. The van der Waals surface area contributed by atoms with E-state index in [2.05, 4.69) is 54.3 Å². The van der Waals surface area contributed by atoms with Gasteiger partial charge in [0, 0.05) is 12.6 Å². The predicted molar refractivity (Wildman–Crippen MR) is 93.7 cm³/mol. The van der Waals surface area contributed by atoms with Crippen LogP contribution in [0.2, 0.25) is 0 Å². The van der Waals surface area contributed by atoms with Crippen molar-refractivity contribution in [1.82, 2.24) is 4.90 Å². The Hall–Kier alpha value is -1.19. The summed E-state index contributed by atoms with van der Waals surface area (Å²) in [5.74, 6) is -0.128. The van der Waals surface area contributed by atoms with Crippen LogP contribution in [0.4, 0.5) is 0 Å². The summed E-state index contributed by atoms with van der Waals surface area (Å²) >= 11 is 0. The standard InChI is InChI=1S/C18H24NO3P/c1-4-21-23(20,22-5-2)18-13-19(18)14(3)16-12-8-10-15-9-6-7-11-17(15)16/h6-12,14,18H,4-5,13H2,1-3H3/t14-,18+,19?/m1/s1. The Labute approximate surface area is 137 Å². The smallest absolute Gasteiger partial charge is 0.308 e. The van der Waals surface area contributed by atoms with Crippen LogP contribution in [0.1, 0.15) is 32.4 Å². The van der Waals surface area contributed by atoms with Crippen LogP contribution in [-0.2, 0) is 13.6 Å². The van der Waals surface area contributed by atoms with Gasteiger partial charge in [0.1, 0.15) is 5.78 Å². The van der Waals surface area contributed by atoms with Crippen molar-refractivity contribution in [2.24, 2.45) is 0 Å². The van der Waals surface area contributed by atoms with Gasteiger partial charge in [-0.1, -0.05) is 42.5 Å². The molecule has 0 N–H and O–H groups in total. The number of hydrogen-bond acceptors (Lipinski definition) is 4. The van der Waals surface area contributed by atoms with E-state index in [1.807, 2.05) is 13.8 Å². The quantitative estimate of drug-likeness (QED) is 0.538. The molecular formula is C18H24NO3P. The lowest BCUT2D eigenvalue weighted by Crippen LogP contribution is -2.12. The molecule has 1 fully saturated rings. The molecule has 0 amide bonds. The molecule has 5 heteroatoms. The van der Waals surface area contributed by atoms with Gasteiger partial charge in [0.25, 0.3) is 0 Å². The van der Waals surface area contributed by atoms with Crippen LogP contribution in [0.15, 0.2) is 42.5 Å². The SMILES string of the molecule is CCOP(=O)(OCC)[C@H]1CN1[C@H](C)c1cccc2ccccc12. The van der Waals surface area contributed by atoms with E-state index in [9.17, 15) is 4.57 Å². The van der Waals surface area contributed by atoms with E-state index >= 15 is 0 Å². The highest BCUT2D eigenvalue weighted by atomic mass is 31.2. The molecule has 0 saturated carbocycles. The van der Waals surface area contributed by atoms with Crippen LogP contribution >= 0.6 is 7.60 Å². The minimum atomic E-state index is -3.05. The van der Waals surface area contributed by atoms with Crippen LogP contribution in [0.5, 0.6) is 0 Å². The van der Waals surface area contributed by atoms with Crippen molar-refractivity contribution in [3.05, 3.63) is 48.0 Å². The van der Waals surface area contributed by atoms with Crippen LogP contribution < -0.4 is 0 Å². The van der Waals surface area contributed by atoms with Crippen molar-refractivity contribution >= 4 is 18.4 Å². The van der Waals surface area contributed by atoms with Gasteiger partial charge in [-0.25, -0.2) is 0 Å². The molecule has 2 aromatic rings. The van der Waals surface area contributed by atoms with Crippen LogP contribution in [0, 0.1) is 0 Å². The number of benzene rings is 2. The van der Waals surface area contributed by atoms with Gasteiger partial charge in [-0.3, -0.25) is 9.46 Å². The highest BCUT2D eigenvalue weighted by Crippen LogP contribution is 2.61. The van der Waals surface area contributed by atoms with Crippen molar-refractivity contribution in [2.75, 3.05) is 19.8 Å². The maximum Gasteiger partial charge on any atom is 0.348 e. The monoisotopic (exact) mass is 333 g/mol. The van der Waals surface area contributed by atoms with Crippen molar-refractivity contribution in [2.45, 2.75) is 32.6 Å². The lowest BCUT2D eigenvalue weighted by molar-refractivity contribution is 0.212. The Morgan fingerprint density at radius 3 is 2.48 bits per heavy atom. The lowest BCUT2D eigenvalue weighted by atomic mass is 10.00. The molecule has 0 bridgehead atoms. The topological polar surface area (TPSA) is 38.5 Å². The van der Waals surface area contributed by atoms with Crippen molar-refractivity contribution < 1.29 is 13.6 Å². The zero-order chi connectivity index (χ0) is 16.4. The molecule has 1 aliphatic rings. The zero-order valence-electron chi connectivity index (χ0n) is 13.9. The molecule has 23 heavy (non-hydrogen) atoms. The van der Waals surface area contributed by atoms with Crippen LogP contribution in [-0.4, -0.2) is 30.4 Å². The number of hydrogen-bond donors (Lipinski definition) is 0. The molecule has 1 unspecified atom stereocenters. The first-order chi connectivity index (χ1) is 11.1. The summed E-state index contributed by atoms with van der Waals surface area (Å²) in [6.07, 6.45) is 0. The maximum atomic E-state index is 12.9. The number of nitrogens with zero attached hydrogens (tertiary/aromatic N) is 1. The molecule has 2 aromatic carbocycles. The molecule has 4 nitrogen and oxygen atoms in total. The van der Waals surface area contributed by atoms with Crippen molar-refractivity contribution in [3.63, 3.8) is 0 Å². The molecule has 0 spiro atoms. The number of rotatable bonds is 7. The fourth-order valence-electron chi connectivity index (χ4n) is 3.20. The molecule has 1 heterocycles. The third kappa shape index (κ3) is 3.22. The second kappa shape index (κ2) is 6.74. The van der Waals surface area contributed by atoms with Gasteiger partial charge < -0.3 is 9.05 Å². The van der Waals surface area contributed by atoms with Crippen LogP contribution in [0.25, 0.3) is 10.8 Å². The zero-order valence-corrected chi connectivity index (χ0v) is 14.8. The third-order valence-corrected chi connectivity index (χ3v) is 6.80. The Bertz CT molecular complexity index is 718. The average Bonchev–Trinajstić information content (AvgIpc) is 3.35. The Kier molecular flexibility index (Phi) is 4.88. The van der Waals surface area contributed by atoms with Gasteiger partial charge in [-0.05, 0) is 37.1 Å². The molecule has 0 radical (unpaired) electrons. The summed E-state index contributed by atoms with van der Waals surface area (Å²) in [6.45, 7) is 7.43. The molecule has 1 saturated heterocycles. The maximum absolute atomic E-state index is 12.9. The Morgan fingerprint density at radius 1 is 1.13 bits per heavy atom. The summed E-state index contributed by atoms with van der Waals surface area (Å²) in [5.41, 5.74) is 1.25. The molecule has 3 atom stereocenters. The van der Waals surface area contributed by atoms with Gasteiger partial charge in [0.15, 0.2) is 0 Å². The molecular weight excluding hydrogens is 309 g/mol. The van der Waals surface area contributed by atoms with E-state index in [1.54, 1.807) is 0 Å². The first-order valence-corrected chi connectivity index (χ1v) is 9.84. The normalized spacial score (nSPS) is 22.2.